The van der Waals surface area contributed by atoms with Crippen LogP contribution in [-0.4, -0.2) is 19.9 Å². The van der Waals surface area contributed by atoms with Gasteiger partial charge in [0.1, 0.15) is 0 Å². The average Bonchev–Trinajstić information content (AvgIpc) is 2.79. The zero-order chi connectivity index (χ0) is 10.8. The van der Waals surface area contributed by atoms with Gasteiger partial charge in [-0.1, -0.05) is 0 Å². The van der Waals surface area contributed by atoms with Crippen molar-refractivity contribution in [3.63, 3.8) is 0 Å². The van der Waals surface area contributed by atoms with E-state index in [-0.39, 0.29) is 0 Å². The molecule has 0 amide bonds. The molecule has 2 heterocycles. The van der Waals surface area contributed by atoms with E-state index in [0.29, 0.717) is 6.42 Å². The van der Waals surface area contributed by atoms with Gasteiger partial charge in [0, 0.05) is 36.3 Å². The summed E-state index contributed by atoms with van der Waals surface area (Å²) in [5.74, 6) is 0. The second-order valence-corrected chi connectivity index (χ2v) is 4.43. The van der Waals surface area contributed by atoms with Crippen LogP contribution < -0.4 is 0 Å². The van der Waals surface area contributed by atoms with Crippen molar-refractivity contribution >= 4 is 11.3 Å². The maximum absolute atomic E-state index is 10.00. The standard InChI is InChI=1S/C10H13N3OS/c1-7-8(6-12-13(7)2)9(14)5-10-11-3-4-15-10/h3-4,6,9,14H,5H2,1-2H3. The lowest BCUT2D eigenvalue weighted by Crippen LogP contribution is -2.03. The van der Waals surface area contributed by atoms with Gasteiger partial charge in [-0.15, -0.1) is 11.3 Å². The molecule has 0 spiro atoms. The molecule has 2 rings (SSSR count). The lowest BCUT2D eigenvalue weighted by atomic mass is 10.1. The molecule has 0 saturated carbocycles. The first-order valence-corrected chi connectivity index (χ1v) is 5.61. The Bertz CT molecular complexity index is 435. The van der Waals surface area contributed by atoms with Crippen LogP contribution in [0.1, 0.15) is 22.4 Å². The van der Waals surface area contributed by atoms with Gasteiger partial charge in [-0.3, -0.25) is 4.68 Å². The fraction of sp³-hybridized carbons (Fsp3) is 0.400. The van der Waals surface area contributed by atoms with E-state index in [1.54, 1.807) is 28.4 Å². The summed E-state index contributed by atoms with van der Waals surface area (Å²) < 4.78 is 1.76. The zero-order valence-corrected chi connectivity index (χ0v) is 9.53. The molecule has 4 nitrogen and oxygen atoms in total. The van der Waals surface area contributed by atoms with Gasteiger partial charge in [0.05, 0.1) is 17.3 Å². The van der Waals surface area contributed by atoms with Crippen molar-refractivity contribution in [1.82, 2.24) is 14.8 Å². The molecule has 0 aliphatic rings. The Balaban J connectivity index is 2.14. The highest BCUT2D eigenvalue weighted by Gasteiger charge is 2.15. The Kier molecular flexibility index (Phi) is 2.83. The molecule has 5 heteroatoms. The Morgan fingerprint density at radius 1 is 1.60 bits per heavy atom. The molecule has 0 aliphatic heterocycles. The van der Waals surface area contributed by atoms with Crippen LogP contribution in [0.2, 0.25) is 0 Å². The van der Waals surface area contributed by atoms with Crippen LogP contribution in [0.25, 0.3) is 0 Å². The van der Waals surface area contributed by atoms with E-state index in [4.69, 9.17) is 0 Å². The zero-order valence-electron chi connectivity index (χ0n) is 8.71. The van der Waals surface area contributed by atoms with Crippen molar-refractivity contribution in [1.29, 1.82) is 0 Å². The van der Waals surface area contributed by atoms with Gasteiger partial charge >= 0.3 is 0 Å². The molecule has 1 atom stereocenters. The van der Waals surface area contributed by atoms with E-state index < -0.39 is 6.10 Å². The van der Waals surface area contributed by atoms with Crippen LogP contribution in [0.5, 0.6) is 0 Å². The molecule has 0 bridgehead atoms. The van der Waals surface area contributed by atoms with Crippen molar-refractivity contribution < 1.29 is 5.11 Å². The molecular weight excluding hydrogens is 210 g/mol. The van der Waals surface area contributed by atoms with Crippen LogP contribution in [0.4, 0.5) is 0 Å². The van der Waals surface area contributed by atoms with Crippen LogP contribution in [0.15, 0.2) is 17.8 Å². The molecule has 0 saturated heterocycles. The van der Waals surface area contributed by atoms with E-state index >= 15 is 0 Å². The molecule has 80 valence electrons. The van der Waals surface area contributed by atoms with Crippen molar-refractivity contribution in [3.8, 4) is 0 Å². The molecule has 2 aromatic rings. The molecule has 2 aromatic heterocycles. The molecule has 15 heavy (non-hydrogen) atoms. The number of aromatic nitrogens is 3. The normalized spacial score (nSPS) is 13.0. The van der Waals surface area contributed by atoms with Crippen molar-refractivity contribution in [3.05, 3.63) is 34.0 Å². The minimum absolute atomic E-state index is 0.509. The number of rotatable bonds is 3. The largest absolute Gasteiger partial charge is 0.388 e. The molecular formula is C10H13N3OS. The Morgan fingerprint density at radius 3 is 2.93 bits per heavy atom. The van der Waals surface area contributed by atoms with Gasteiger partial charge in [-0.2, -0.15) is 5.10 Å². The maximum Gasteiger partial charge on any atom is 0.0954 e. The fourth-order valence-corrected chi connectivity index (χ4v) is 2.13. The number of hydrogen-bond acceptors (Lipinski definition) is 4. The minimum Gasteiger partial charge on any atom is -0.388 e. The summed E-state index contributed by atoms with van der Waals surface area (Å²) in [5.41, 5.74) is 1.88. The van der Waals surface area contributed by atoms with E-state index in [0.717, 1.165) is 16.3 Å². The molecule has 0 fully saturated rings. The summed E-state index contributed by atoms with van der Waals surface area (Å²) in [4.78, 5) is 4.15. The summed E-state index contributed by atoms with van der Waals surface area (Å²) in [6.45, 7) is 1.95. The Labute approximate surface area is 92.2 Å². The lowest BCUT2D eigenvalue weighted by Gasteiger charge is -2.07. The van der Waals surface area contributed by atoms with Crippen LogP contribution in [0, 0.1) is 6.92 Å². The summed E-state index contributed by atoms with van der Waals surface area (Å²) in [6.07, 6.45) is 3.52. The third-order valence-corrected chi connectivity index (χ3v) is 3.29. The van der Waals surface area contributed by atoms with Gasteiger partial charge in [0.25, 0.3) is 0 Å². The van der Waals surface area contributed by atoms with Crippen LogP contribution in [0.3, 0.4) is 0 Å². The second-order valence-electron chi connectivity index (χ2n) is 3.45. The monoisotopic (exact) mass is 223 g/mol. The van der Waals surface area contributed by atoms with Gasteiger partial charge in [0.2, 0.25) is 0 Å². The highest BCUT2D eigenvalue weighted by atomic mass is 32.1. The lowest BCUT2D eigenvalue weighted by molar-refractivity contribution is 0.177. The first-order valence-electron chi connectivity index (χ1n) is 4.73. The van der Waals surface area contributed by atoms with Gasteiger partial charge in [-0.05, 0) is 6.92 Å². The first kappa shape index (κ1) is 10.3. The smallest absolute Gasteiger partial charge is 0.0954 e. The van der Waals surface area contributed by atoms with Crippen molar-refractivity contribution in [2.75, 3.05) is 0 Å². The quantitative estimate of drug-likeness (QED) is 0.857. The molecule has 0 radical (unpaired) electrons. The topological polar surface area (TPSA) is 50.9 Å². The molecule has 1 unspecified atom stereocenters. The summed E-state index contributed by atoms with van der Waals surface area (Å²) >= 11 is 1.56. The first-order chi connectivity index (χ1) is 7.18. The molecule has 1 N–H and O–H groups in total. The van der Waals surface area contributed by atoms with Crippen LogP contribution >= 0.6 is 11.3 Å². The minimum atomic E-state index is -0.509. The van der Waals surface area contributed by atoms with E-state index in [1.807, 2.05) is 19.4 Å². The Morgan fingerprint density at radius 2 is 2.40 bits per heavy atom. The van der Waals surface area contributed by atoms with Gasteiger partial charge in [0.15, 0.2) is 0 Å². The van der Waals surface area contributed by atoms with Crippen molar-refractivity contribution in [2.45, 2.75) is 19.4 Å². The third kappa shape index (κ3) is 2.08. The van der Waals surface area contributed by atoms with E-state index in [9.17, 15) is 5.11 Å². The van der Waals surface area contributed by atoms with E-state index in [1.165, 1.54) is 0 Å². The van der Waals surface area contributed by atoms with Crippen LogP contribution in [-0.2, 0) is 13.5 Å². The third-order valence-electron chi connectivity index (χ3n) is 2.48. The summed E-state index contributed by atoms with van der Waals surface area (Å²) in [7, 11) is 1.87. The predicted molar refractivity (Wildman–Crippen MR) is 58.7 cm³/mol. The second kappa shape index (κ2) is 4.12. The van der Waals surface area contributed by atoms with Gasteiger partial charge < -0.3 is 5.11 Å². The molecule has 0 aliphatic carbocycles. The number of aliphatic hydroxyl groups is 1. The number of aliphatic hydroxyl groups excluding tert-OH is 1. The number of aryl methyl sites for hydroxylation is 1. The fourth-order valence-electron chi connectivity index (χ4n) is 1.47. The van der Waals surface area contributed by atoms with Crippen molar-refractivity contribution in [2.24, 2.45) is 7.05 Å². The summed E-state index contributed by atoms with van der Waals surface area (Å²) in [6, 6.07) is 0. The summed E-state index contributed by atoms with van der Waals surface area (Å²) in [5, 5.41) is 17.0. The highest BCUT2D eigenvalue weighted by molar-refractivity contribution is 7.09. The SMILES string of the molecule is Cc1c(C(O)Cc2nccs2)cnn1C. The van der Waals surface area contributed by atoms with Gasteiger partial charge in [-0.25, -0.2) is 4.98 Å². The van der Waals surface area contributed by atoms with E-state index in [2.05, 4.69) is 10.1 Å². The highest BCUT2D eigenvalue weighted by Crippen LogP contribution is 2.21. The number of thiazole rings is 1. The predicted octanol–water partition coefficient (Wildman–Crippen LogP) is 1.46. The maximum atomic E-state index is 10.00. The Hall–Kier alpha value is -1.20. The average molecular weight is 223 g/mol. The number of hydrogen-bond donors (Lipinski definition) is 1. The number of nitrogens with zero attached hydrogens (tertiary/aromatic N) is 3. The molecule has 0 aromatic carbocycles.